The summed E-state index contributed by atoms with van der Waals surface area (Å²) in [7, 11) is 0. The van der Waals surface area contributed by atoms with Crippen molar-refractivity contribution in [2.24, 2.45) is 5.73 Å². The SMILES string of the molecule is NC(=O)c1cccc2c1CCCN2C(=O)[C@H]1COc2ccccc2O1. The number of carbonyl (C=O) groups is 2. The van der Waals surface area contributed by atoms with Crippen LogP contribution in [0.3, 0.4) is 0 Å². The first-order valence-corrected chi connectivity index (χ1v) is 8.26. The first kappa shape index (κ1) is 15.5. The Bertz CT molecular complexity index is 849. The second kappa shape index (κ2) is 6.12. The van der Waals surface area contributed by atoms with E-state index in [2.05, 4.69) is 0 Å². The summed E-state index contributed by atoms with van der Waals surface area (Å²) in [5.41, 5.74) is 7.50. The van der Waals surface area contributed by atoms with Gasteiger partial charge in [0.1, 0.15) is 6.61 Å². The largest absolute Gasteiger partial charge is 0.485 e. The van der Waals surface area contributed by atoms with Crippen LogP contribution in [0.15, 0.2) is 42.5 Å². The minimum atomic E-state index is -0.710. The number of hydrogen-bond acceptors (Lipinski definition) is 4. The number of amides is 2. The minimum absolute atomic E-state index is 0.164. The molecule has 2 aromatic carbocycles. The van der Waals surface area contributed by atoms with E-state index in [1.807, 2.05) is 24.3 Å². The monoisotopic (exact) mass is 338 g/mol. The lowest BCUT2D eigenvalue weighted by molar-refractivity contribution is -0.127. The summed E-state index contributed by atoms with van der Waals surface area (Å²) in [6.07, 6.45) is 0.786. The van der Waals surface area contributed by atoms with E-state index in [9.17, 15) is 9.59 Å². The van der Waals surface area contributed by atoms with Crippen LogP contribution in [0.2, 0.25) is 0 Å². The molecule has 0 fully saturated rings. The molecule has 2 aliphatic heterocycles. The van der Waals surface area contributed by atoms with Gasteiger partial charge in [-0.1, -0.05) is 18.2 Å². The van der Waals surface area contributed by atoms with Crippen LogP contribution in [0.5, 0.6) is 11.5 Å². The van der Waals surface area contributed by atoms with Gasteiger partial charge in [0.25, 0.3) is 5.91 Å². The van der Waals surface area contributed by atoms with E-state index in [1.165, 1.54) is 0 Å². The fourth-order valence-corrected chi connectivity index (χ4v) is 3.40. The van der Waals surface area contributed by atoms with Crippen molar-refractivity contribution in [2.45, 2.75) is 18.9 Å². The van der Waals surface area contributed by atoms with Gasteiger partial charge in [-0.3, -0.25) is 9.59 Å². The molecule has 0 saturated heterocycles. The molecule has 2 aliphatic rings. The Kier molecular flexibility index (Phi) is 3.80. The van der Waals surface area contributed by atoms with Gasteiger partial charge in [0, 0.05) is 17.8 Å². The van der Waals surface area contributed by atoms with Crippen LogP contribution in [0.1, 0.15) is 22.3 Å². The molecule has 0 spiro atoms. The van der Waals surface area contributed by atoms with E-state index >= 15 is 0 Å². The molecule has 0 bridgehead atoms. The molecule has 2 N–H and O–H groups in total. The number of nitrogens with zero attached hydrogens (tertiary/aromatic N) is 1. The van der Waals surface area contributed by atoms with Gasteiger partial charge in [0.2, 0.25) is 12.0 Å². The summed E-state index contributed by atoms with van der Waals surface area (Å²) in [5.74, 6) is 0.561. The summed E-state index contributed by atoms with van der Waals surface area (Å²) in [4.78, 5) is 26.3. The fraction of sp³-hybridized carbons (Fsp3) is 0.263. The summed E-state index contributed by atoms with van der Waals surface area (Å²) in [6.45, 7) is 0.743. The molecule has 128 valence electrons. The number of fused-ring (bicyclic) bond motifs is 2. The van der Waals surface area contributed by atoms with Gasteiger partial charge in [-0.15, -0.1) is 0 Å². The maximum Gasteiger partial charge on any atom is 0.271 e. The molecule has 2 amide bonds. The molecule has 25 heavy (non-hydrogen) atoms. The number of hydrogen-bond donors (Lipinski definition) is 1. The van der Waals surface area contributed by atoms with Gasteiger partial charge in [-0.05, 0) is 42.7 Å². The predicted octanol–water partition coefficient (Wildman–Crippen LogP) is 1.90. The van der Waals surface area contributed by atoms with Gasteiger partial charge < -0.3 is 20.1 Å². The van der Waals surface area contributed by atoms with Crippen molar-refractivity contribution in [3.8, 4) is 11.5 Å². The number of anilines is 1. The van der Waals surface area contributed by atoms with Crippen LogP contribution in [-0.4, -0.2) is 31.1 Å². The van der Waals surface area contributed by atoms with Crippen LogP contribution in [-0.2, 0) is 11.2 Å². The third-order valence-corrected chi connectivity index (χ3v) is 4.57. The zero-order chi connectivity index (χ0) is 17.4. The van der Waals surface area contributed by atoms with Gasteiger partial charge in [0.05, 0.1) is 0 Å². The lowest BCUT2D eigenvalue weighted by atomic mass is 9.95. The third kappa shape index (κ3) is 2.69. The highest BCUT2D eigenvalue weighted by molar-refractivity contribution is 6.01. The fourth-order valence-electron chi connectivity index (χ4n) is 3.40. The molecule has 0 unspecified atom stereocenters. The zero-order valence-electron chi connectivity index (χ0n) is 13.6. The van der Waals surface area contributed by atoms with Gasteiger partial charge in [0.15, 0.2) is 11.5 Å². The number of benzene rings is 2. The number of ether oxygens (including phenoxy) is 2. The Morgan fingerprint density at radius 3 is 2.68 bits per heavy atom. The van der Waals surface area contributed by atoms with Crippen LogP contribution in [0, 0.1) is 0 Å². The highest BCUT2D eigenvalue weighted by Gasteiger charge is 2.34. The van der Waals surface area contributed by atoms with Gasteiger partial charge in [-0.2, -0.15) is 0 Å². The molecule has 0 radical (unpaired) electrons. The van der Waals surface area contributed by atoms with Crippen molar-refractivity contribution < 1.29 is 19.1 Å². The second-order valence-corrected chi connectivity index (χ2v) is 6.13. The molecule has 6 nitrogen and oxygen atoms in total. The van der Waals surface area contributed by atoms with Crippen molar-refractivity contribution in [3.05, 3.63) is 53.6 Å². The lowest BCUT2D eigenvalue weighted by Gasteiger charge is -2.34. The van der Waals surface area contributed by atoms with E-state index in [0.717, 1.165) is 24.1 Å². The van der Waals surface area contributed by atoms with E-state index < -0.39 is 12.0 Å². The van der Waals surface area contributed by atoms with Gasteiger partial charge >= 0.3 is 0 Å². The molecule has 0 aromatic heterocycles. The molecular weight excluding hydrogens is 320 g/mol. The Labute approximate surface area is 145 Å². The topological polar surface area (TPSA) is 81.9 Å². The molecule has 0 aliphatic carbocycles. The Hall–Kier alpha value is -3.02. The Balaban J connectivity index is 1.63. The molecule has 4 rings (SSSR count). The summed E-state index contributed by atoms with van der Waals surface area (Å²) in [5, 5.41) is 0. The maximum absolute atomic E-state index is 13.0. The molecule has 2 aromatic rings. The van der Waals surface area contributed by atoms with Crippen molar-refractivity contribution in [3.63, 3.8) is 0 Å². The average molecular weight is 338 g/mol. The van der Waals surface area contributed by atoms with E-state index in [-0.39, 0.29) is 12.5 Å². The number of para-hydroxylation sites is 2. The molecule has 6 heteroatoms. The molecule has 2 heterocycles. The van der Waals surface area contributed by atoms with Crippen molar-refractivity contribution in [2.75, 3.05) is 18.1 Å². The van der Waals surface area contributed by atoms with Crippen molar-refractivity contribution in [1.29, 1.82) is 0 Å². The predicted molar refractivity (Wildman–Crippen MR) is 92.0 cm³/mol. The first-order chi connectivity index (χ1) is 12.1. The second-order valence-electron chi connectivity index (χ2n) is 6.13. The zero-order valence-corrected chi connectivity index (χ0v) is 13.6. The molecule has 0 saturated carbocycles. The van der Waals surface area contributed by atoms with Crippen molar-refractivity contribution in [1.82, 2.24) is 0 Å². The van der Waals surface area contributed by atoms with E-state index in [4.69, 9.17) is 15.2 Å². The minimum Gasteiger partial charge on any atom is -0.485 e. The summed E-state index contributed by atoms with van der Waals surface area (Å²) in [6, 6.07) is 12.6. The number of carbonyl (C=O) groups excluding carboxylic acids is 2. The third-order valence-electron chi connectivity index (χ3n) is 4.57. The quantitative estimate of drug-likeness (QED) is 0.907. The van der Waals surface area contributed by atoms with Crippen LogP contribution >= 0.6 is 0 Å². The average Bonchev–Trinajstić information content (AvgIpc) is 2.66. The summed E-state index contributed by atoms with van der Waals surface area (Å²) >= 11 is 0. The highest BCUT2D eigenvalue weighted by atomic mass is 16.6. The highest BCUT2D eigenvalue weighted by Crippen LogP contribution is 2.34. The van der Waals surface area contributed by atoms with E-state index in [0.29, 0.717) is 23.6 Å². The van der Waals surface area contributed by atoms with Gasteiger partial charge in [-0.25, -0.2) is 0 Å². The normalized spacial score (nSPS) is 18.4. The van der Waals surface area contributed by atoms with E-state index in [1.54, 1.807) is 23.1 Å². The lowest BCUT2D eigenvalue weighted by Crippen LogP contribution is -2.48. The molecular formula is C19H18N2O4. The smallest absolute Gasteiger partial charge is 0.271 e. The summed E-state index contributed by atoms with van der Waals surface area (Å²) < 4.78 is 11.5. The standard InChI is InChI=1S/C19H18N2O4/c20-18(22)13-5-3-7-14-12(13)6-4-10-21(14)19(23)17-11-24-15-8-1-2-9-16(15)25-17/h1-3,5,7-9,17H,4,6,10-11H2,(H2,20,22)/t17-/m1/s1. The van der Waals surface area contributed by atoms with Crippen LogP contribution in [0.25, 0.3) is 0 Å². The van der Waals surface area contributed by atoms with Crippen molar-refractivity contribution >= 4 is 17.5 Å². The number of primary amides is 1. The number of rotatable bonds is 2. The maximum atomic E-state index is 13.0. The Morgan fingerprint density at radius 2 is 1.88 bits per heavy atom. The first-order valence-electron chi connectivity index (χ1n) is 8.26. The van der Waals surface area contributed by atoms with Crippen LogP contribution < -0.4 is 20.1 Å². The van der Waals surface area contributed by atoms with Crippen LogP contribution in [0.4, 0.5) is 5.69 Å². The Morgan fingerprint density at radius 1 is 1.08 bits per heavy atom. The molecule has 1 atom stereocenters. The number of nitrogens with two attached hydrogens (primary N) is 1.